The van der Waals surface area contributed by atoms with Crippen molar-refractivity contribution >= 4 is 22.7 Å². The Hall–Kier alpha value is -2.10. The van der Waals surface area contributed by atoms with Gasteiger partial charge in [0.2, 0.25) is 0 Å². The fourth-order valence-corrected chi connectivity index (χ4v) is 3.23. The highest BCUT2D eigenvalue weighted by molar-refractivity contribution is 5.87. The van der Waals surface area contributed by atoms with Crippen molar-refractivity contribution in [3.05, 3.63) is 36.5 Å². The maximum atomic E-state index is 10.4. The molecule has 4 heteroatoms. The van der Waals surface area contributed by atoms with Gasteiger partial charge in [0.15, 0.2) is 0 Å². The van der Waals surface area contributed by atoms with Gasteiger partial charge in [-0.15, -0.1) is 0 Å². The van der Waals surface area contributed by atoms with E-state index in [1.807, 2.05) is 24.3 Å². The normalized spacial score (nSPS) is 15.5. The van der Waals surface area contributed by atoms with Crippen molar-refractivity contribution in [1.29, 1.82) is 0 Å². The van der Waals surface area contributed by atoms with E-state index in [1.165, 1.54) is 38.3 Å². The molecule has 2 aromatic rings. The number of aromatic nitrogens is 1. The standard InChI is InChI=1S/C10H8N2O2.C10H20/c13-10(14)12-8-5-7-3-1-2-4-9(7)11-6-8;1-10(2,3)9-7-5-4-6-8-9/h1-6,12H,(H,13,14);9H,4-8H2,1-3H3. The molecular weight excluding hydrogens is 300 g/mol. The molecule has 0 spiro atoms. The Bertz CT molecular complexity index is 671. The summed E-state index contributed by atoms with van der Waals surface area (Å²) in [6.07, 6.45) is 7.79. The largest absolute Gasteiger partial charge is 0.465 e. The molecule has 1 aliphatic carbocycles. The van der Waals surface area contributed by atoms with Gasteiger partial charge in [-0.2, -0.15) is 0 Å². The van der Waals surface area contributed by atoms with Crippen LogP contribution in [-0.4, -0.2) is 16.2 Å². The Morgan fingerprint density at radius 2 is 1.83 bits per heavy atom. The fourth-order valence-electron chi connectivity index (χ4n) is 3.23. The third-order valence-electron chi connectivity index (χ3n) is 4.67. The van der Waals surface area contributed by atoms with Crippen LogP contribution in [0, 0.1) is 11.3 Å². The lowest BCUT2D eigenvalue weighted by molar-refractivity contribution is 0.180. The highest BCUT2D eigenvalue weighted by Crippen LogP contribution is 2.37. The Balaban J connectivity index is 0.000000185. The summed E-state index contributed by atoms with van der Waals surface area (Å²) in [7, 11) is 0. The summed E-state index contributed by atoms with van der Waals surface area (Å²) in [6.45, 7) is 7.13. The van der Waals surface area contributed by atoms with Gasteiger partial charge in [-0.05, 0) is 36.3 Å². The summed E-state index contributed by atoms with van der Waals surface area (Å²) in [6, 6.07) is 9.28. The Morgan fingerprint density at radius 3 is 2.42 bits per heavy atom. The second-order valence-corrected chi connectivity index (χ2v) is 7.55. The number of amides is 1. The van der Waals surface area contributed by atoms with Crippen molar-refractivity contribution in [1.82, 2.24) is 4.98 Å². The second kappa shape index (κ2) is 8.13. The number of benzene rings is 1. The smallest absolute Gasteiger partial charge is 0.409 e. The van der Waals surface area contributed by atoms with Crippen LogP contribution in [0.25, 0.3) is 10.9 Å². The van der Waals surface area contributed by atoms with Crippen molar-refractivity contribution in [3.8, 4) is 0 Å². The maximum Gasteiger partial charge on any atom is 0.409 e. The van der Waals surface area contributed by atoms with E-state index < -0.39 is 6.09 Å². The zero-order valence-corrected chi connectivity index (χ0v) is 14.9. The van der Waals surface area contributed by atoms with E-state index >= 15 is 0 Å². The van der Waals surface area contributed by atoms with E-state index in [1.54, 1.807) is 6.07 Å². The molecule has 3 rings (SSSR count). The molecule has 1 heterocycles. The van der Waals surface area contributed by atoms with Crippen molar-refractivity contribution in [2.45, 2.75) is 52.9 Å². The third-order valence-corrected chi connectivity index (χ3v) is 4.67. The van der Waals surface area contributed by atoms with Gasteiger partial charge in [-0.1, -0.05) is 58.2 Å². The molecule has 1 aromatic carbocycles. The van der Waals surface area contributed by atoms with Crippen molar-refractivity contribution in [2.75, 3.05) is 5.32 Å². The van der Waals surface area contributed by atoms with Crippen LogP contribution in [0.4, 0.5) is 10.5 Å². The number of hydrogen-bond donors (Lipinski definition) is 2. The number of anilines is 1. The monoisotopic (exact) mass is 328 g/mol. The quantitative estimate of drug-likeness (QED) is 0.681. The van der Waals surface area contributed by atoms with Crippen LogP contribution in [-0.2, 0) is 0 Å². The number of pyridine rings is 1. The molecule has 2 N–H and O–H groups in total. The molecule has 0 bridgehead atoms. The van der Waals surface area contributed by atoms with Gasteiger partial charge in [0.1, 0.15) is 0 Å². The van der Waals surface area contributed by atoms with Crippen molar-refractivity contribution in [2.24, 2.45) is 11.3 Å². The summed E-state index contributed by atoms with van der Waals surface area (Å²) in [4.78, 5) is 14.5. The van der Waals surface area contributed by atoms with Gasteiger partial charge < -0.3 is 5.11 Å². The first-order valence-corrected chi connectivity index (χ1v) is 8.71. The lowest BCUT2D eigenvalue weighted by Crippen LogP contribution is -2.22. The van der Waals surface area contributed by atoms with E-state index in [2.05, 4.69) is 31.1 Å². The van der Waals surface area contributed by atoms with Crippen LogP contribution >= 0.6 is 0 Å². The maximum absolute atomic E-state index is 10.4. The van der Waals surface area contributed by atoms with Crippen LogP contribution in [0.1, 0.15) is 52.9 Å². The molecule has 1 saturated carbocycles. The molecular formula is C20H28N2O2. The van der Waals surface area contributed by atoms with Gasteiger partial charge in [-0.25, -0.2) is 4.79 Å². The summed E-state index contributed by atoms with van der Waals surface area (Å²) >= 11 is 0. The molecule has 4 nitrogen and oxygen atoms in total. The van der Waals surface area contributed by atoms with E-state index in [0.29, 0.717) is 11.1 Å². The molecule has 24 heavy (non-hydrogen) atoms. The van der Waals surface area contributed by atoms with Crippen LogP contribution in [0.3, 0.4) is 0 Å². The SMILES string of the molecule is CC(C)(C)C1CCCCC1.O=C(O)Nc1cnc2ccccc2c1. The number of carboxylic acid groups (broad SMARTS) is 1. The zero-order valence-electron chi connectivity index (χ0n) is 14.9. The lowest BCUT2D eigenvalue weighted by atomic mass is 9.72. The predicted molar refractivity (Wildman–Crippen MR) is 99.4 cm³/mol. The summed E-state index contributed by atoms with van der Waals surface area (Å²) < 4.78 is 0. The molecule has 130 valence electrons. The Kier molecular flexibility index (Phi) is 6.18. The van der Waals surface area contributed by atoms with Gasteiger partial charge in [-0.3, -0.25) is 10.3 Å². The third kappa shape index (κ3) is 5.52. The number of carbonyl (C=O) groups is 1. The fraction of sp³-hybridized carbons (Fsp3) is 0.500. The summed E-state index contributed by atoms with van der Waals surface area (Å²) in [5, 5.41) is 11.7. The van der Waals surface area contributed by atoms with Crippen molar-refractivity contribution < 1.29 is 9.90 Å². The van der Waals surface area contributed by atoms with Crippen molar-refractivity contribution in [3.63, 3.8) is 0 Å². The number of para-hydroxylation sites is 1. The molecule has 1 amide bonds. The summed E-state index contributed by atoms with van der Waals surface area (Å²) in [5.74, 6) is 1.00. The van der Waals surface area contributed by atoms with Crippen LogP contribution < -0.4 is 5.32 Å². The average molecular weight is 328 g/mol. The van der Waals surface area contributed by atoms with E-state index in [4.69, 9.17) is 5.11 Å². The number of nitrogens with one attached hydrogen (secondary N) is 1. The second-order valence-electron chi connectivity index (χ2n) is 7.55. The predicted octanol–water partition coefficient (Wildman–Crippen LogP) is 5.94. The minimum Gasteiger partial charge on any atom is -0.465 e. The van der Waals surface area contributed by atoms with Gasteiger partial charge >= 0.3 is 6.09 Å². The Morgan fingerprint density at radius 1 is 1.17 bits per heavy atom. The molecule has 1 fully saturated rings. The van der Waals surface area contributed by atoms with E-state index in [-0.39, 0.29) is 0 Å². The molecule has 0 radical (unpaired) electrons. The van der Waals surface area contributed by atoms with E-state index in [9.17, 15) is 4.79 Å². The first-order chi connectivity index (χ1) is 11.4. The highest BCUT2D eigenvalue weighted by atomic mass is 16.4. The first kappa shape index (κ1) is 18.2. The zero-order chi connectivity index (χ0) is 17.6. The Labute approximate surface area is 144 Å². The number of hydrogen-bond acceptors (Lipinski definition) is 2. The number of nitrogens with zero attached hydrogens (tertiary/aromatic N) is 1. The number of fused-ring (bicyclic) bond motifs is 1. The summed E-state index contributed by atoms with van der Waals surface area (Å²) in [5.41, 5.74) is 1.90. The first-order valence-electron chi connectivity index (χ1n) is 8.71. The van der Waals surface area contributed by atoms with Crippen LogP contribution in [0.2, 0.25) is 0 Å². The molecule has 1 aliphatic rings. The average Bonchev–Trinajstić information content (AvgIpc) is 2.55. The molecule has 1 aromatic heterocycles. The van der Waals surface area contributed by atoms with E-state index in [0.717, 1.165) is 16.8 Å². The molecule has 0 aliphatic heterocycles. The minimum absolute atomic E-state index is 0.483. The van der Waals surface area contributed by atoms with Gasteiger partial charge in [0, 0.05) is 5.39 Å². The van der Waals surface area contributed by atoms with Crippen LogP contribution in [0.15, 0.2) is 36.5 Å². The van der Waals surface area contributed by atoms with Gasteiger partial charge in [0.05, 0.1) is 17.4 Å². The van der Waals surface area contributed by atoms with Gasteiger partial charge in [0.25, 0.3) is 0 Å². The topological polar surface area (TPSA) is 62.2 Å². The minimum atomic E-state index is -1.08. The molecule has 0 atom stereocenters. The molecule has 0 unspecified atom stereocenters. The van der Waals surface area contributed by atoms with Crippen LogP contribution in [0.5, 0.6) is 0 Å². The highest BCUT2D eigenvalue weighted by Gasteiger charge is 2.25. The number of rotatable bonds is 1. The molecule has 0 saturated heterocycles. The lowest BCUT2D eigenvalue weighted by Gasteiger charge is -2.33.